The van der Waals surface area contributed by atoms with Gasteiger partial charge in [-0.1, -0.05) is 55.5 Å². The second-order valence-corrected chi connectivity index (χ2v) is 9.60. The van der Waals surface area contributed by atoms with Crippen molar-refractivity contribution >= 4 is 17.7 Å². The minimum absolute atomic E-state index is 0.256. The Labute approximate surface area is 153 Å². The maximum absolute atomic E-state index is 11.5. The molecule has 0 aliphatic carbocycles. The molecule has 3 N–H and O–H groups in total. The van der Waals surface area contributed by atoms with Gasteiger partial charge in [0.2, 0.25) is 0 Å². The monoisotopic (exact) mass is 398 g/mol. The van der Waals surface area contributed by atoms with Crippen LogP contribution < -0.4 is 0 Å². The molecule has 0 aliphatic rings. The average molecular weight is 398 g/mol. The molecule has 0 fully saturated rings. The van der Waals surface area contributed by atoms with E-state index in [0.717, 1.165) is 16.7 Å². The highest BCUT2D eigenvalue weighted by Gasteiger charge is 2.28. The largest absolute Gasteiger partial charge is 0.332 e. The van der Waals surface area contributed by atoms with E-state index in [1.807, 2.05) is 36.4 Å². The summed E-state index contributed by atoms with van der Waals surface area (Å²) in [6.07, 6.45) is 1.27. The zero-order chi connectivity index (χ0) is 19.4. The van der Waals surface area contributed by atoms with Crippen LogP contribution in [-0.2, 0) is 21.1 Å². The van der Waals surface area contributed by atoms with Gasteiger partial charge in [0.15, 0.2) is 0 Å². The van der Waals surface area contributed by atoms with Crippen molar-refractivity contribution < 1.29 is 27.3 Å². The van der Waals surface area contributed by atoms with Crippen LogP contribution >= 0.6 is 7.60 Å². The molecule has 0 saturated carbocycles. The fraction of sp³-hybridized carbons (Fsp3) is 0.333. The molecule has 142 valence electrons. The smallest absolute Gasteiger partial charge is 0.324 e. The molecule has 2 aromatic rings. The third-order valence-corrected chi connectivity index (χ3v) is 6.52. The Morgan fingerprint density at radius 2 is 1.46 bits per heavy atom. The Bertz CT molecular complexity index is 869. The molecule has 0 bridgehead atoms. The number of hydrogen-bond acceptors (Lipinski definition) is 3. The van der Waals surface area contributed by atoms with Crippen molar-refractivity contribution in [3.8, 4) is 11.1 Å². The summed E-state index contributed by atoms with van der Waals surface area (Å²) < 4.78 is 41.7. The molecular formula is C18H23O6PS. The van der Waals surface area contributed by atoms with Crippen LogP contribution in [0.3, 0.4) is 0 Å². The lowest BCUT2D eigenvalue weighted by Gasteiger charge is -2.17. The van der Waals surface area contributed by atoms with Crippen LogP contribution in [0.1, 0.15) is 36.6 Å². The first-order chi connectivity index (χ1) is 12.1. The Kier molecular flexibility index (Phi) is 6.77. The quantitative estimate of drug-likeness (QED) is 0.461. The van der Waals surface area contributed by atoms with Crippen LogP contribution in [0.2, 0.25) is 0 Å². The molecule has 2 rings (SSSR count). The number of benzene rings is 2. The summed E-state index contributed by atoms with van der Waals surface area (Å²) in [4.78, 5) is 18.9. The van der Waals surface area contributed by atoms with E-state index in [1.165, 1.54) is 0 Å². The van der Waals surface area contributed by atoms with Crippen LogP contribution in [0.4, 0.5) is 0 Å². The molecule has 0 heterocycles. The molecular weight excluding hydrogens is 375 g/mol. The summed E-state index contributed by atoms with van der Waals surface area (Å²) in [7, 11) is -8.10. The van der Waals surface area contributed by atoms with Crippen molar-refractivity contribution in [2.45, 2.75) is 31.8 Å². The van der Waals surface area contributed by atoms with Gasteiger partial charge >= 0.3 is 7.60 Å². The minimum Gasteiger partial charge on any atom is -0.324 e. The minimum atomic E-state index is -4.17. The molecule has 2 aromatic carbocycles. The molecule has 26 heavy (non-hydrogen) atoms. The number of aryl methyl sites for hydroxylation is 1. The van der Waals surface area contributed by atoms with Crippen molar-refractivity contribution in [2.75, 3.05) is 5.75 Å². The summed E-state index contributed by atoms with van der Waals surface area (Å²) in [5.41, 5.74) is 2.69. The van der Waals surface area contributed by atoms with Crippen molar-refractivity contribution in [1.82, 2.24) is 0 Å². The number of rotatable bonds is 8. The highest BCUT2D eigenvalue weighted by atomic mass is 32.2. The van der Waals surface area contributed by atoms with E-state index in [4.69, 9.17) is 4.55 Å². The van der Waals surface area contributed by atoms with Crippen molar-refractivity contribution in [2.24, 2.45) is 0 Å². The fourth-order valence-corrected chi connectivity index (χ4v) is 4.43. The third-order valence-electron chi connectivity index (χ3n) is 4.24. The lowest BCUT2D eigenvalue weighted by Crippen LogP contribution is -2.04. The van der Waals surface area contributed by atoms with Crippen LogP contribution in [0.5, 0.6) is 0 Å². The Balaban J connectivity index is 2.08. The maximum atomic E-state index is 11.5. The normalized spacial score (nSPS) is 13.5. The molecule has 0 saturated heterocycles. The second kappa shape index (κ2) is 8.46. The van der Waals surface area contributed by atoms with E-state index >= 15 is 0 Å². The lowest BCUT2D eigenvalue weighted by atomic mass is 10.00. The summed E-state index contributed by atoms with van der Waals surface area (Å²) in [5.74, 6) is -0.256. The molecule has 6 nitrogen and oxygen atoms in total. The molecule has 8 heteroatoms. The summed E-state index contributed by atoms with van der Waals surface area (Å²) >= 11 is 0. The first-order valence-electron chi connectivity index (χ1n) is 8.30. The van der Waals surface area contributed by atoms with E-state index in [9.17, 15) is 22.8 Å². The maximum Gasteiger partial charge on any atom is 0.332 e. The molecule has 0 aromatic heterocycles. The summed E-state index contributed by atoms with van der Waals surface area (Å²) in [6.45, 7) is 1.75. The average Bonchev–Trinajstić information content (AvgIpc) is 2.54. The Morgan fingerprint density at radius 3 is 1.88 bits per heavy atom. The highest BCUT2D eigenvalue weighted by molar-refractivity contribution is 7.85. The number of hydrogen-bond donors (Lipinski definition) is 3. The van der Waals surface area contributed by atoms with Gasteiger partial charge in [0.1, 0.15) is 0 Å². The first kappa shape index (κ1) is 20.8. The van der Waals surface area contributed by atoms with E-state index in [0.29, 0.717) is 24.8 Å². The van der Waals surface area contributed by atoms with Gasteiger partial charge in [0.05, 0.1) is 11.4 Å². The van der Waals surface area contributed by atoms with E-state index in [2.05, 4.69) is 0 Å². The van der Waals surface area contributed by atoms with Crippen LogP contribution in [0, 0.1) is 0 Å². The third kappa shape index (κ3) is 6.04. The van der Waals surface area contributed by atoms with E-state index < -0.39 is 23.4 Å². The second-order valence-electron chi connectivity index (χ2n) is 6.22. The SMILES string of the molecule is CCC(c1ccc(-c2ccc(CCCS(=O)(=O)O)cc2)cc1)P(=O)(O)O. The van der Waals surface area contributed by atoms with Gasteiger partial charge in [0.25, 0.3) is 10.1 Å². The van der Waals surface area contributed by atoms with E-state index in [1.54, 1.807) is 19.1 Å². The molecule has 1 unspecified atom stereocenters. The topological polar surface area (TPSA) is 112 Å². The molecule has 0 spiro atoms. The van der Waals surface area contributed by atoms with Gasteiger partial charge in [-0.15, -0.1) is 0 Å². The predicted molar refractivity (Wildman–Crippen MR) is 102 cm³/mol. The molecule has 0 aliphatic heterocycles. The van der Waals surface area contributed by atoms with Crippen molar-refractivity contribution in [3.63, 3.8) is 0 Å². The summed E-state index contributed by atoms with van der Waals surface area (Å²) in [5, 5.41) is 0. The van der Waals surface area contributed by atoms with Crippen LogP contribution in [0.25, 0.3) is 11.1 Å². The van der Waals surface area contributed by atoms with Crippen molar-refractivity contribution in [3.05, 3.63) is 59.7 Å². The summed E-state index contributed by atoms with van der Waals surface area (Å²) in [6, 6.07) is 14.8. The standard InChI is InChI=1S/C18H23O6PS/c1-2-18(25(19,20)21)17-11-9-16(10-12-17)15-7-5-14(6-8-15)4-3-13-26(22,23)24/h5-12,18H,2-4,13H2,1H3,(H2,19,20,21)(H,22,23,24). The van der Waals surface area contributed by atoms with Crippen LogP contribution in [-0.4, -0.2) is 28.5 Å². The van der Waals surface area contributed by atoms with Gasteiger partial charge < -0.3 is 9.79 Å². The fourth-order valence-electron chi connectivity index (χ4n) is 2.89. The van der Waals surface area contributed by atoms with Crippen LogP contribution in [0.15, 0.2) is 48.5 Å². The Hall–Kier alpha value is -1.50. The molecule has 0 radical (unpaired) electrons. The van der Waals surface area contributed by atoms with Gasteiger partial charge in [-0.05, 0) is 41.5 Å². The lowest BCUT2D eigenvalue weighted by molar-refractivity contribution is 0.357. The predicted octanol–water partition coefficient (Wildman–Crippen LogP) is 3.80. The van der Waals surface area contributed by atoms with Gasteiger partial charge in [0, 0.05) is 0 Å². The van der Waals surface area contributed by atoms with Gasteiger partial charge in [-0.25, -0.2) is 0 Å². The molecule has 1 atom stereocenters. The first-order valence-corrected chi connectivity index (χ1v) is 11.6. The zero-order valence-corrected chi connectivity index (χ0v) is 16.2. The Morgan fingerprint density at radius 1 is 0.962 bits per heavy atom. The van der Waals surface area contributed by atoms with Gasteiger partial charge in [-0.3, -0.25) is 9.12 Å². The van der Waals surface area contributed by atoms with E-state index in [-0.39, 0.29) is 5.75 Å². The van der Waals surface area contributed by atoms with Gasteiger partial charge in [-0.2, -0.15) is 8.42 Å². The van der Waals surface area contributed by atoms with Crippen molar-refractivity contribution in [1.29, 1.82) is 0 Å². The molecule has 0 amide bonds. The highest BCUT2D eigenvalue weighted by Crippen LogP contribution is 2.53. The zero-order valence-electron chi connectivity index (χ0n) is 14.4.